The lowest BCUT2D eigenvalue weighted by Gasteiger charge is -2.11. The molecule has 0 aliphatic rings. The molecule has 0 bridgehead atoms. The van der Waals surface area contributed by atoms with Crippen molar-refractivity contribution in [3.63, 3.8) is 0 Å². The fourth-order valence-corrected chi connectivity index (χ4v) is 2.34. The zero-order valence-corrected chi connectivity index (χ0v) is 13.1. The van der Waals surface area contributed by atoms with Gasteiger partial charge in [-0.2, -0.15) is 0 Å². The summed E-state index contributed by atoms with van der Waals surface area (Å²) in [7, 11) is 0. The molecule has 0 saturated heterocycles. The van der Waals surface area contributed by atoms with Gasteiger partial charge in [0.15, 0.2) is 11.5 Å². The Morgan fingerprint density at radius 1 is 1.27 bits per heavy atom. The maximum absolute atomic E-state index is 5.82. The molecule has 0 atom stereocenters. The fraction of sp³-hybridized carbons (Fsp3) is 0.200. The molecule has 0 unspecified atom stereocenters. The van der Waals surface area contributed by atoms with Gasteiger partial charge >= 0.3 is 0 Å². The van der Waals surface area contributed by atoms with Crippen LogP contribution in [0.4, 0.5) is 0 Å². The first-order chi connectivity index (χ1) is 10.7. The van der Waals surface area contributed by atoms with Crippen LogP contribution in [0.25, 0.3) is 0 Å². The number of hydrogen-bond donors (Lipinski definition) is 3. The summed E-state index contributed by atoms with van der Waals surface area (Å²) < 4.78 is 11.4. The van der Waals surface area contributed by atoms with Gasteiger partial charge in [-0.15, -0.1) is 16.4 Å². The Hall–Kier alpha value is -2.54. The van der Waals surface area contributed by atoms with Crippen molar-refractivity contribution in [2.75, 3.05) is 6.61 Å². The summed E-state index contributed by atoms with van der Waals surface area (Å²) in [5, 5.41) is 8.37. The van der Waals surface area contributed by atoms with E-state index in [-0.39, 0.29) is 5.96 Å². The summed E-state index contributed by atoms with van der Waals surface area (Å²) in [4.78, 5) is 1.16. The van der Waals surface area contributed by atoms with Crippen LogP contribution in [-0.4, -0.2) is 18.8 Å². The second-order valence-electron chi connectivity index (χ2n) is 4.32. The highest BCUT2D eigenvalue weighted by Gasteiger charge is 2.07. The van der Waals surface area contributed by atoms with Gasteiger partial charge in [0, 0.05) is 15.5 Å². The van der Waals surface area contributed by atoms with Crippen molar-refractivity contribution in [2.24, 2.45) is 16.6 Å². The molecule has 1 aromatic carbocycles. The Kier molecular flexibility index (Phi) is 5.79. The molecular formula is C15H19N4O2S+. The Bertz CT molecular complexity index is 650. The van der Waals surface area contributed by atoms with Gasteiger partial charge in [-0.3, -0.25) is 0 Å². The van der Waals surface area contributed by atoms with Crippen molar-refractivity contribution in [1.82, 2.24) is 0 Å². The van der Waals surface area contributed by atoms with Crippen molar-refractivity contribution in [3.05, 3.63) is 46.2 Å². The summed E-state index contributed by atoms with van der Waals surface area (Å²) in [6, 6.07) is 9.65. The van der Waals surface area contributed by atoms with Crippen LogP contribution in [0.15, 0.2) is 40.8 Å². The maximum atomic E-state index is 5.82. The number of guanidine groups is 1. The lowest BCUT2D eigenvalue weighted by Crippen LogP contribution is -2.63. The Balaban J connectivity index is 2.12. The molecule has 1 aromatic heterocycles. The molecule has 2 rings (SSSR count). The Labute approximate surface area is 133 Å². The average molecular weight is 319 g/mol. The topological polar surface area (TPSA) is 96.8 Å². The van der Waals surface area contributed by atoms with E-state index < -0.39 is 0 Å². The second-order valence-corrected chi connectivity index (χ2v) is 5.35. The van der Waals surface area contributed by atoms with Crippen LogP contribution >= 0.6 is 11.3 Å². The molecule has 5 N–H and O–H groups in total. The first-order valence-electron chi connectivity index (χ1n) is 6.78. The predicted molar refractivity (Wildman–Crippen MR) is 88.2 cm³/mol. The van der Waals surface area contributed by atoms with E-state index >= 15 is 0 Å². The van der Waals surface area contributed by atoms with E-state index in [0.717, 1.165) is 10.4 Å². The lowest BCUT2D eigenvalue weighted by atomic mass is 10.2. The minimum atomic E-state index is -0.0304. The van der Waals surface area contributed by atoms with Crippen LogP contribution in [0.5, 0.6) is 11.5 Å². The van der Waals surface area contributed by atoms with Crippen molar-refractivity contribution in [3.8, 4) is 11.5 Å². The summed E-state index contributed by atoms with van der Waals surface area (Å²) in [5.74, 6) is 1.35. The summed E-state index contributed by atoms with van der Waals surface area (Å²) in [6.45, 7) is 3.00. The molecule has 0 fully saturated rings. The number of nitrogens with two attached hydrogens (primary N) is 2. The van der Waals surface area contributed by atoms with Crippen LogP contribution < -0.4 is 26.0 Å². The number of ether oxygens (including phenoxy) is 2. The minimum Gasteiger partial charge on any atom is -0.490 e. The van der Waals surface area contributed by atoms with Crippen LogP contribution in [0.2, 0.25) is 0 Å². The van der Waals surface area contributed by atoms with Crippen LogP contribution in [0.1, 0.15) is 17.4 Å². The molecule has 0 amide bonds. The van der Waals surface area contributed by atoms with Crippen LogP contribution in [-0.2, 0) is 6.61 Å². The van der Waals surface area contributed by atoms with E-state index in [4.69, 9.17) is 20.9 Å². The lowest BCUT2D eigenvalue weighted by molar-refractivity contribution is -0.456. The number of rotatable bonds is 7. The molecule has 0 saturated carbocycles. The Morgan fingerprint density at radius 3 is 2.82 bits per heavy atom. The highest BCUT2D eigenvalue weighted by Crippen LogP contribution is 2.29. The fourth-order valence-electron chi connectivity index (χ4n) is 1.73. The van der Waals surface area contributed by atoms with Crippen molar-refractivity contribution < 1.29 is 14.6 Å². The van der Waals surface area contributed by atoms with Gasteiger partial charge in [0.05, 0.1) is 6.61 Å². The molecule has 116 valence electrons. The van der Waals surface area contributed by atoms with Crippen LogP contribution in [0, 0.1) is 0 Å². The molecule has 2 aromatic rings. The van der Waals surface area contributed by atoms with Gasteiger partial charge < -0.3 is 20.9 Å². The Morgan fingerprint density at radius 2 is 2.14 bits per heavy atom. The standard InChI is InChI=1S/C15H18N4O2S/c1-2-20-14-8-11(9-18-19-15(16)17)5-6-13(14)21-10-12-4-3-7-22-12/h3-9H,2,10H2,1H3,(H4,16,17,19)/p+1/b18-9-. The third kappa shape index (κ3) is 4.78. The van der Waals surface area contributed by atoms with Gasteiger partial charge in [0.25, 0.3) is 5.96 Å². The summed E-state index contributed by atoms with van der Waals surface area (Å²) in [5.41, 5.74) is 11.4. The quantitative estimate of drug-likeness (QED) is 0.391. The number of nitrogens with zero attached hydrogens (tertiary/aromatic N) is 1. The molecule has 7 heteroatoms. The van der Waals surface area contributed by atoms with E-state index in [9.17, 15) is 0 Å². The monoisotopic (exact) mass is 319 g/mol. The second kappa shape index (κ2) is 8.04. The average Bonchev–Trinajstić information content (AvgIpc) is 3.00. The zero-order chi connectivity index (χ0) is 15.8. The summed E-state index contributed by atoms with van der Waals surface area (Å²) >= 11 is 1.66. The highest BCUT2D eigenvalue weighted by molar-refractivity contribution is 7.09. The largest absolute Gasteiger partial charge is 0.490 e. The third-order valence-electron chi connectivity index (χ3n) is 2.64. The van der Waals surface area contributed by atoms with Crippen LogP contribution in [0.3, 0.4) is 0 Å². The molecule has 22 heavy (non-hydrogen) atoms. The number of benzene rings is 1. The molecule has 0 aliphatic carbocycles. The first-order valence-corrected chi connectivity index (χ1v) is 7.66. The van der Waals surface area contributed by atoms with E-state index in [0.29, 0.717) is 24.7 Å². The summed E-state index contributed by atoms with van der Waals surface area (Å²) in [6.07, 6.45) is 1.67. The van der Waals surface area contributed by atoms with Gasteiger partial charge in [-0.25, -0.2) is 0 Å². The molecule has 1 heterocycles. The molecule has 0 spiro atoms. The van der Waals surface area contributed by atoms with Gasteiger partial charge in [0.2, 0.25) is 6.21 Å². The van der Waals surface area contributed by atoms with E-state index in [1.54, 1.807) is 17.6 Å². The predicted octanol–water partition coefficient (Wildman–Crippen LogP) is 0.414. The normalized spacial score (nSPS) is 10.6. The molecular weight excluding hydrogens is 300 g/mol. The van der Waals surface area contributed by atoms with Crippen molar-refractivity contribution >= 4 is 23.5 Å². The zero-order valence-electron chi connectivity index (χ0n) is 12.3. The maximum Gasteiger partial charge on any atom is 0.256 e. The highest BCUT2D eigenvalue weighted by atomic mass is 32.1. The number of thiophene rings is 1. The van der Waals surface area contributed by atoms with Crippen molar-refractivity contribution in [2.45, 2.75) is 13.5 Å². The van der Waals surface area contributed by atoms with E-state index in [1.165, 1.54) is 0 Å². The third-order valence-corrected chi connectivity index (χ3v) is 3.49. The first kappa shape index (κ1) is 15.8. The number of nitrogens with one attached hydrogen (secondary N) is 1. The number of hydrazone groups is 1. The molecule has 6 nitrogen and oxygen atoms in total. The smallest absolute Gasteiger partial charge is 0.256 e. The molecule has 0 aliphatic heterocycles. The van der Waals surface area contributed by atoms with Gasteiger partial charge in [-0.1, -0.05) is 6.07 Å². The van der Waals surface area contributed by atoms with E-state index in [1.807, 2.05) is 42.6 Å². The van der Waals surface area contributed by atoms with E-state index in [2.05, 4.69) is 10.2 Å². The SMILES string of the molecule is CCOc1cc(/C=[NH+]\N=C(N)N)ccc1OCc1cccs1. The van der Waals surface area contributed by atoms with Crippen molar-refractivity contribution in [1.29, 1.82) is 0 Å². The molecule has 0 radical (unpaired) electrons. The number of hydrogen-bond acceptors (Lipinski definition) is 4. The van der Waals surface area contributed by atoms with Gasteiger partial charge in [-0.05, 0) is 36.6 Å². The van der Waals surface area contributed by atoms with Gasteiger partial charge in [0.1, 0.15) is 6.61 Å². The minimum absolute atomic E-state index is 0.0304.